The van der Waals surface area contributed by atoms with Gasteiger partial charge in [-0.15, -0.1) is 0 Å². The maximum absolute atomic E-state index is 11.8. The highest BCUT2D eigenvalue weighted by atomic mass is 16.4. The Labute approximate surface area is 107 Å². The van der Waals surface area contributed by atoms with Crippen LogP contribution in [0.25, 0.3) is 0 Å². The van der Waals surface area contributed by atoms with Crippen LogP contribution in [0.5, 0.6) is 0 Å². The molecule has 0 aliphatic heterocycles. The summed E-state index contributed by atoms with van der Waals surface area (Å²) in [5.41, 5.74) is 5.37. The molecule has 102 valence electrons. The number of aliphatic hydroxyl groups excluding tert-OH is 1. The average molecular weight is 254 g/mol. The van der Waals surface area contributed by atoms with E-state index in [-0.39, 0.29) is 30.2 Å². The molecule has 0 unspecified atom stereocenters. The second-order valence-electron chi connectivity index (χ2n) is 5.14. The Bertz CT molecular complexity index is 385. The fourth-order valence-electron chi connectivity index (χ4n) is 1.66. The van der Waals surface area contributed by atoms with Crippen LogP contribution < -0.4 is 11.1 Å². The van der Waals surface area contributed by atoms with Crippen LogP contribution in [0.1, 0.15) is 43.0 Å². The maximum atomic E-state index is 11.8. The molecule has 0 radical (unpaired) electrons. The van der Waals surface area contributed by atoms with E-state index in [9.17, 15) is 4.79 Å². The highest BCUT2D eigenvalue weighted by Gasteiger charge is 2.19. The quantitative estimate of drug-likeness (QED) is 0.683. The van der Waals surface area contributed by atoms with Crippen molar-refractivity contribution in [2.75, 3.05) is 13.2 Å². The van der Waals surface area contributed by atoms with Crippen molar-refractivity contribution < 1.29 is 14.3 Å². The number of hydrogen-bond acceptors (Lipinski definition) is 4. The SMILES string of the molecule is CC(C)(CCCO)CNC(=O)c1ccc(CN)o1. The highest BCUT2D eigenvalue weighted by molar-refractivity contribution is 5.91. The Kier molecular flexibility index (Phi) is 5.37. The van der Waals surface area contributed by atoms with Gasteiger partial charge in [-0.25, -0.2) is 0 Å². The maximum Gasteiger partial charge on any atom is 0.287 e. The third-order valence-electron chi connectivity index (χ3n) is 2.83. The van der Waals surface area contributed by atoms with Crippen molar-refractivity contribution in [3.63, 3.8) is 0 Å². The van der Waals surface area contributed by atoms with Gasteiger partial charge < -0.3 is 20.6 Å². The number of carbonyl (C=O) groups excluding carboxylic acids is 1. The van der Waals surface area contributed by atoms with Gasteiger partial charge in [0.15, 0.2) is 5.76 Å². The van der Waals surface area contributed by atoms with E-state index in [0.717, 1.165) is 12.8 Å². The van der Waals surface area contributed by atoms with Crippen LogP contribution in [0.4, 0.5) is 0 Å². The summed E-state index contributed by atoms with van der Waals surface area (Å²) in [6.45, 7) is 5.11. The Balaban J connectivity index is 2.45. The number of aliphatic hydroxyl groups is 1. The van der Waals surface area contributed by atoms with Crippen molar-refractivity contribution in [1.82, 2.24) is 5.32 Å². The number of carbonyl (C=O) groups is 1. The van der Waals surface area contributed by atoms with Gasteiger partial charge in [0.2, 0.25) is 0 Å². The van der Waals surface area contributed by atoms with Crippen molar-refractivity contribution >= 4 is 5.91 Å². The lowest BCUT2D eigenvalue weighted by Crippen LogP contribution is -2.34. The predicted molar refractivity (Wildman–Crippen MR) is 69.0 cm³/mol. The van der Waals surface area contributed by atoms with Gasteiger partial charge >= 0.3 is 0 Å². The molecule has 0 aliphatic rings. The van der Waals surface area contributed by atoms with E-state index in [1.165, 1.54) is 0 Å². The van der Waals surface area contributed by atoms with Crippen LogP contribution in [0.3, 0.4) is 0 Å². The number of nitrogens with one attached hydrogen (secondary N) is 1. The fraction of sp³-hybridized carbons (Fsp3) is 0.615. The molecule has 0 aromatic carbocycles. The number of furan rings is 1. The molecular formula is C13H22N2O3. The molecule has 0 atom stereocenters. The molecular weight excluding hydrogens is 232 g/mol. The first-order valence-electron chi connectivity index (χ1n) is 6.16. The molecule has 5 heteroatoms. The average Bonchev–Trinajstić information content (AvgIpc) is 2.82. The van der Waals surface area contributed by atoms with Gasteiger partial charge in [0.25, 0.3) is 5.91 Å². The van der Waals surface area contributed by atoms with Gasteiger partial charge in [0.1, 0.15) is 5.76 Å². The number of amides is 1. The van der Waals surface area contributed by atoms with Crippen molar-refractivity contribution in [2.45, 2.75) is 33.2 Å². The minimum Gasteiger partial charge on any atom is -0.455 e. The lowest BCUT2D eigenvalue weighted by Gasteiger charge is -2.24. The molecule has 1 heterocycles. The Hall–Kier alpha value is -1.33. The summed E-state index contributed by atoms with van der Waals surface area (Å²) in [5, 5.41) is 11.6. The van der Waals surface area contributed by atoms with Crippen LogP contribution in [0, 0.1) is 5.41 Å². The zero-order chi connectivity index (χ0) is 13.6. The third-order valence-corrected chi connectivity index (χ3v) is 2.83. The lowest BCUT2D eigenvalue weighted by atomic mass is 9.88. The predicted octanol–water partition coefficient (Wildman–Crippen LogP) is 1.27. The smallest absolute Gasteiger partial charge is 0.287 e. The van der Waals surface area contributed by atoms with E-state index in [4.69, 9.17) is 15.3 Å². The molecule has 1 rings (SSSR count). The molecule has 18 heavy (non-hydrogen) atoms. The largest absolute Gasteiger partial charge is 0.455 e. The van der Waals surface area contributed by atoms with Crippen molar-refractivity contribution in [1.29, 1.82) is 0 Å². The minimum absolute atomic E-state index is 0.0400. The molecule has 0 spiro atoms. The standard InChI is InChI=1S/C13H22N2O3/c1-13(2,6-3-7-16)9-15-12(17)11-5-4-10(8-14)18-11/h4-5,16H,3,6-9,14H2,1-2H3,(H,15,17). The summed E-state index contributed by atoms with van der Waals surface area (Å²) in [5.74, 6) is 0.653. The molecule has 0 bridgehead atoms. The molecule has 1 aromatic rings. The first kappa shape index (κ1) is 14.7. The van der Waals surface area contributed by atoms with Crippen LogP contribution in [0.15, 0.2) is 16.5 Å². The third kappa shape index (κ3) is 4.50. The zero-order valence-electron chi connectivity index (χ0n) is 11.0. The number of hydrogen-bond donors (Lipinski definition) is 3. The lowest BCUT2D eigenvalue weighted by molar-refractivity contribution is 0.0903. The van der Waals surface area contributed by atoms with Crippen LogP contribution in [0.2, 0.25) is 0 Å². The molecule has 4 N–H and O–H groups in total. The summed E-state index contributed by atoms with van der Waals surface area (Å²) >= 11 is 0. The summed E-state index contributed by atoms with van der Waals surface area (Å²) < 4.78 is 5.26. The second kappa shape index (κ2) is 6.56. The molecule has 0 fully saturated rings. The monoisotopic (exact) mass is 254 g/mol. The topological polar surface area (TPSA) is 88.5 Å². The van der Waals surface area contributed by atoms with Crippen molar-refractivity contribution in [3.05, 3.63) is 23.7 Å². The summed E-state index contributed by atoms with van der Waals surface area (Å²) in [6, 6.07) is 3.32. The summed E-state index contributed by atoms with van der Waals surface area (Å²) in [6.07, 6.45) is 1.59. The van der Waals surface area contributed by atoms with Gasteiger partial charge in [-0.05, 0) is 30.4 Å². The molecule has 1 amide bonds. The van der Waals surface area contributed by atoms with Crippen molar-refractivity contribution in [3.8, 4) is 0 Å². The Morgan fingerprint density at radius 3 is 2.78 bits per heavy atom. The Morgan fingerprint density at radius 1 is 1.50 bits per heavy atom. The zero-order valence-corrected chi connectivity index (χ0v) is 11.0. The van der Waals surface area contributed by atoms with Gasteiger partial charge in [-0.1, -0.05) is 13.8 Å². The Morgan fingerprint density at radius 2 is 2.22 bits per heavy atom. The molecule has 1 aromatic heterocycles. The molecule has 0 aliphatic carbocycles. The van der Waals surface area contributed by atoms with Gasteiger partial charge in [0.05, 0.1) is 6.54 Å². The van der Waals surface area contributed by atoms with E-state index < -0.39 is 0 Å². The minimum atomic E-state index is -0.230. The van der Waals surface area contributed by atoms with E-state index in [2.05, 4.69) is 19.2 Å². The van der Waals surface area contributed by atoms with Gasteiger partial charge in [-0.2, -0.15) is 0 Å². The first-order valence-corrected chi connectivity index (χ1v) is 6.16. The van der Waals surface area contributed by atoms with Crippen LogP contribution >= 0.6 is 0 Å². The van der Waals surface area contributed by atoms with E-state index >= 15 is 0 Å². The van der Waals surface area contributed by atoms with Crippen LogP contribution in [-0.2, 0) is 6.54 Å². The fourth-order valence-corrected chi connectivity index (χ4v) is 1.66. The molecule has 5 nitrogen and oxygen atoms in total. The van der Waals surface area contributed by atoms with E-state index in [1.807, 2.05) is 0 Å². The summed E-state index contributed by atoms with van der Waals surface area (Å²) in [4.78, 5) is 11.8. The van der Waals surface area contributed by atoms with Crippen LogP contribution in [-0.4, -0.2) is 24.2 Å². The van der Waals surface area contributed by atoms with Gasteiger partial charge in [-0.3, -0.25) is 4.79 Å². The van der Waals surface area contributed by atoms with E-state index in [1.54, 1.807) is 12.1 Å². The first-order chi connectivity index (χ1) is 8.48. The van der Waals surface area contributed by atoms with Crippen molar-refractivity contribution in [2.24, 2.45) is 11.1 Å². The van der Waals surface area contributed by atoms with E-state index in [0.29, 0.717) is 12.3 Å². The number of rotatable bonds is 7. The summed E-state index contributed by atoms with van der Waals surface area (Å²) in [7, 11) is 0. The molecule has 0 saturated carbocycles. The van der Waals surface area contributed by atoms with Gasteiger partial charge in [0, 0.05) is 13.2 Å². The highest BCUT2D eigenvalue weighted by Crippen LogP contribution is 2.21. The second-order valence-corrected chi connectivity index (χ2v) is 5.14. The number of nitrogens with two attached hydrogens (primary N) is 1. The molecule has 0 saturated heterocycles. The normalized spacial score (nSPS) is 11.6.